The molecule has 0 aliphatic heterocycles. The van der Waals surface area contributed by atoms with Crippen LogP contribution >= 0.6 is 0 Å². The largest absolute Gasteiger partial charge is 0.464 e. The number of carbonyl (C=O) groups excluding carboxylic acids is 1. The molecule has 0 amide bonds. The highest BCUT2D eigenvalue weighted by Gasteiger charge is 2.17. The van der Waals surface area contributed by atoms with Crippen LogP contribution in [-0.4, -0.2) is 22.9 Å². The molecule has 0 fully saturated rings. The molecule has 3 rings (SSSR count). The van der Waals surface area contributed by atoms with E-state index in [0.717, 1.165) is 16.9 Å². The van der Waals surface area contributed by atoms with Gasteiger partial charge in [0.05, 0.1) is 18.5 Å². The first-order valence-electron chi connectivity index (χ1n) is 9.29. The molecule has 0 unspecified atom stereocenters. The maximum absolute atomic E-state index is 12.0. The van der Waals surface area contributed by atoms with E-state index in [9.17, 15) is 4.79 Å². The Morgan fingerprint density at radius 1 is 0.889 bits per heavy atom. The predicted molar refractivity (Wildman–Crippen MR) is 109 cm³/mol. The van der Waals surface area contributed by atoms with Crippen LogP contribution in [0, 0.1) is 0 Å². The highest BCUT2D eigenvalue weighted by atomic mass is 16.5. The van der Waals surface area contributed by atoms with Crippen molar-refractivity contribution in [2.75, 3.05) is 7.11 Å². The van der Waals surface area contributed by atoms with E-state index >= 15 is 0 Å². The summed E-state index contributed by atoms with van der Waals surface area (Å²) in [5.74, 6) is 0.496. The molecular weight excluding hydrogens is 336 g/mol. The molecule has 0 aliphatic carbocycles. The van der Waals surface area contributed by atoms with Crippen molar-refractivity contribution < 1.29 is 9.53 Å². The van der Waals surface area contributed by atoms with Crippen LogP contribution in [0.4, 0.5) is 0 Å². The lowest BCUT2D eigenvalue weighted by atomic mass is 10.0. The van der Waals surface area contributed by atoms with Crippen LogP contribution in [0.3, 0.4) is 0 Å². The van der Waals surface area contributed by atoms with E-state index < -0.39 is 5.97 Å². The van der Waals surface area contributed by atoms with Crippen LogP contribution < -0.4 is 0 Å². The molecule has 1 heterocycles. The number of methoxy groups -OCH3 is 1. The minimum Gasteiger partial charge on any atom is -0.464 e. The van der Waals surface area contributed by atoms with E-state index in [1.165, 1.54) is 18.2 Å². The lowest BCUT2D eigenvalue weighted by molar-refractivity contribution is 0.0593. The van der Waals surface area contributed by atoms with Crippen LogP contribution in [0.2, 0.25) is 0 Å². The fourth-order valence-electron chi connectivity index (χ4n) is 3.03. The van der Waals surface area contributed by atoms with Gasteiger partial charge in [0, 0.05) is 5.56 Å². The van der Waals surface area contributed by atoms with Crippen molar-refractivity contribution in [3.63, 3.8) is 0 Å². The molecule has 0 bridgehead atoms. The molecule has 3 aromatic rings. The van der Waals surface area contributed by atoms with Crippen LogP contribution in [0.25, 0.3) is 16.9 Å². The van der Waals surface area contributed by atoms with Crippen molar-refractivity contribution in [2.45, 2.75) is 39.5 Å². The van der Waals surface area contributed by atoms with Crippen molar-refractivity contribution >= 4 is 5.97 Å². The molecule has 1 aromatic heterocycles. The van der Waals surface area contributed by atoms with E-state index in [2.05, 4.69) is 69.2 Å². The SMILES string of the molecule is COC(=O)c1cc(-c2ccc(C(C)C)cc2)n(-c2ccc(C(C)C)cc2)n1. The molecule has 0 aliphatic rings. The Bertz CT molecular complexity index is 851. The highest BCUT2D eigenvalue weighted by Crippen LogP contribution is 2.27. The van der Waals surface area contributed by atoms with Crippen LogP contribution in [-0.2, 0) is 4.74 Å². The van der Waals surface area contributed by atoms with Gasteiger partial charge < -0.3 is 4.74 Å². The molecule has 4 nitrogen and oxygen atoms in total. The Labute approximate surface area is 160 Å². The summed E-state index contributed by atoms with van der Waals surface area (Å²) in [6, 6.07) is 18.5. The first kappa shape index (κ1) is 18.9. The van der Waals surface area contributed by atoms with Gasteiger partial charge in [-0.2, -0.15) is 5.10 Å². The molecule has 0 atom stereocenters. The van der Waals surface area contributed by atoms with Gasteiger partial charge >= 0.3 is 5.97 Å². The predicted octanol–water partition coefficient (Wildman–Crippen LogP) is 5.57. The summed E-state index contributed by atoms with van der Waals surface area (Å²) in [6.45, 7) is 8.68. The van der Waals surface area contributed by atoms with Crippen molar-refractivity contribution in [2.24, 2.45) is 0 Å². The van der Waals surface area contributed by atoms with Gasteiger partial charge in [-0.3, -0.25) is 0 Å². The molecule has 140 valence electrons. The summed E-state index contributed by atoms with van der Waals surface area (Å²) in [6.07, 6.45) is 0. The molecule has 0 saturated heterocycles. The average molecular weight is 362 g/mol. The third-order valence-corrected chi connectivity index (χ3v) is 4.78. The van der Waals surface area contributed by atoms with Gasteiger partial charge in [-0.15, -0.1) is 0 Å². The van der Waals surface area contributed by atoms with Crippen LogP contribution in [0.1, 0.15) is 61.1 Å². The average Bonchev–Trinajstić information content (AvgIpc) is 3.13. The second kappa shape index (κ2) is 7.78. The summed E-state index contributed by atoms with van der Waals surface area (Å²) in [5, 5.41) is 4.50. The summed E-state index contributed by atoms with van der Waals surface area (Å²) in [7, 11) is 1.37. The fraction of sp³-hybridized carbons (Fsp3) is 0.304. The summed E-state index contributed by atoms with van der Waals surface area (Å²) >= 11 is 0. The van der Waals surface area contributed by atoms with Crippen molar-refractivity contribution in [3.05, 3.63) is 71.4 Å². The third kappa shape index (κ3) is 3.95. The summed E-state index contributed by atoms with van der Waals surface area (Å²) < 4.78 is 6.67. The number of ether oxygens (including phenoxy) is 1. The molecule has 0 saturated carbocycles. The Balaban J connectivity index is 2.09. The van der Waals surface area contributed by atoms with E-state index in [0.29, 0.717) is 17.5 Å². The Kier molecular flexibility index (Phi) is 5.45. The number of hydrogen-bond donors (Lipinski definition) is 0. The number of aromatic nitrogens is 2. The number of benzene rings is 2. The second-order valence-electron chi connectivity index (χ2n) is 7.34. The maximum Gasteiger partial charge on any atom is 0.358 e. The normalized spacial score (nSPS) is 11.2. The number of nitrogens with zero attached hydrogens (tertiary/aromatic N) is 2. The maximum atomic E-state index is 12.0. The summed E-state index contributed by atoms with van der Waals surface area (Å²) in [5.41, 5.74) is 5.63. The standard InChI is InChI=1S/C23H26N2O2/c1-15(2)17-6-8-19(9-7-17)22-14-21(23(26)27-5)24-25(22)20-12-10-18(11-13-20)16(3)4/h6-16H,1-5H3. The number of esters is 1. The lowest BCUT2D eigenvalue weighted by Gasteiger charge is -2.11. The van der Waals surface area contributed by atoms with Gasteiger partial charge in [-0.1, -0.05) is 64.1 Å². The highest BCUT2D eigenvalue weighted by molar-refractivity contribution is 5.89. The van der Waals surface area contributed by atoms with Gasteiger partial charge in [0.15, 0.2) is 5.69 Å². The lowest BCUT2D eigenvalue weighted by Crippen LogP contribution is -2.04. The van der Waals surface area contributed by atoms with E-state index in [4.69, 9.17) is 4.74 Å². The van der Waals surface area contributed by atoms with Gasteiger partial charge in [-0.25, -0.2) is 9.48 Å². The monoisotopic (exact) mass is 362 g/mol. The Morgan fingerprint density at radius 2 is 1.41 bits per heavy atom. The molecular formula is C23H26N2O2. The number of carbonyl (C=O) groups is 1. The van der Waals surface area contributed by atoms with E-state index in [1.54, 1.807) is 10.7 Å². The minimum atomic E-state index is -0.437. The molecule has 0 N–H and O–H groups in total. The first-order chi connectivity index (χ1) is 12.9. The number of rotatable bonds is 5. The zero-order valence-electron chi connectivity index (χ0n) is 16.6. The minimum absolute atomic E-state index is 0.299. The number of hydrogen-bond acceptors (Lipinski definition) is 3. The molecule has 4 heteroatoms. The van der Waals surface area contributed by atoms with Gasteiger partial charge in [0.2, 0.25) is 0 Å². The van der Waals surface area contributed by atoms with Crippen molar-refractivity contribution in [3.8, 4) is 16.9 Å². The first-order valence-corrected chi connectivity index (χ1v) is 9.29. The van der Waals surface area contributed by atoms with Crippen LogP contribution in [0.15, 0.2) is 54.6 Å². The van der Waals surface area contributed by atoms with Crippen molar-refractivity contribution in [1.29, 1.82) is 0 Å². The smallest absolute Gasteiger partial charge is 0.358 e. The van der Waals surface area contributed by atoms with Gasteiger partial charge in [0.1, 0.15) is 0 Å². The van der Waals surface area contributed by atoms with E-state index in [1.807, 2.05) is 12.1 Å². The molecule has 0 radical (unpaired) electrons. The summed E-state index contributed by atoms with van der Waals surface area (Å²) in [4.78, 5) is 12.0. The van der Waals surface area contributed by atoms with E-state index in [-0.39, 0.29) is 0 Å². The fourth-order valence-corrected chi connectivity index (χ4v) is 3.03. The third-order valence-electron chi connectivity index (χ3n) is 4.78. The van der Waals surface area contributed by atoms with Gasteiger partial charge in [-0.05, 0) is 41.2 Å². The second-order valence-corrected chi connectivity index (χ2v) is 7.34. The zero-order valence-corrected chi connectivity index (χ0v) is 16.6. The van der Waals surface area contributed by atoms with Crippen LogP contribution in [0.5, 0.6) is 0 Å². The Hall–Kier alpha value is -2.88. The molecule has 0 spiro atoms. The quantitative estimate of drug-likeness (QED) is 0.557. The molecule has 27 heavy (non-hydrogen) atoms. The van der Waals surface area contributed by atoms with Crippen molar-refractivity contribution in [1.82, 2.24) is 9.78 Å². The van der Waals surface area contributed by atoms with Gasteiger partial charge in [0.25, 0.3) is 0 Å². The Morgan fingerprint density at radius 3 is 1.89 bits per heavy atom. The molecule has 2 aromatic carbocycles. The topological polar surface area (TPSA) is 44.1 Å². The zero-order chi connectivity index (χ0) is 19.6.